The van der Waals surface area contributed by atoms with E-state index >= 15 is 0 Å². The maximum atomic E-state index is 12.7. The topological polar surface area (TPSA) is 78.9 Å². The highest BCUT2D eigenvalue weighted by Gasteiger charge is 2.19. The lowest BCUT2D eigenvalue weighted by Gasteiger charge is -2.18. The number of esters is 3. The van der Waals surface area contributed by atoms with E-state index in [-0.39, 0.29) is 37.5 Å². The zero-order chi connectivity index (χ0) is 38.0. The summed E-state index contributed by atoms with van der Waals surface area (Å²) in [6, 6.07) is 0. The Hall–Kier alpha value is -2.11. The van der Waals surface area contributed by atoms with E-state index in [1.807, 2.05) is 6.08 Å². The molecule has 0 rings (SSSR count). The van der Waals surface area contributed by atoms with E-state index in [0.29, 0.717) is 19.3 Å². The van der Waals surface area contributed by atoms with Gasteiger partial charge in [0, 0.05) is 19.3 Å². The van der Waals surface area contributed by atoms with Gasteiger partial charge < -0.3 is 14.2 Å². The minimum Gasteiger partial charge on any atom is -0.462 e. The number of unbranched alkanes of at least 4 members (excludes halogenated alkanes) is 25. The average Bonchev–Trinajstić information content (AvgIpc) is 3.14. The Morgan fingerprint density at radius 1 is 0.385 bits per heavy atom. The fourth-order valence-corrected chi connectivity index (χ4v) is 6.32. The van der Waals surface area contributed by atoms with Crippen LogP contribution >= 0.6 is 0 Å². The zero-order valence-corrected chi connectivity index (χ0v) is 34.6. The first-order chi connectivity index (χ1) is 25.5. The van der Waals surface area contributed by atoms with E-state index in [4.69, 9.17) is 14.2 Å². The number of carbonyl (C=O) groups excluding carboxylic acids is 3. The minimum absolute atomic E-state index is 0.0846. The van der Waals surface area contributed by atoms with Gasteiger partial charge in [-0.3, -0.25) is 14.4 Å². The van der Waals surface area contributed by atoms with Gasteiger partial charge in [0.05, 0.1) is 0 Å². The van der Waals surface area contributed by atoms with Crippen molar-refractivity contribution in [3.05, 3.63) is 24.3 Å². The zero-order valence-electron chi connectivity index (χ0n) is 34.6. The first kappa shape index (κ1) is 49.9. The Labute approximate surface area is 322 Å². The highest BCUT2D eigenvalue weighted by Crippen LogP contribution is 2.14. The van der Waals surface area contributed by atoms with Crippen molar-refractivity contribution in [1.29, 1.82) is 0 Å². The summed E-state index contributed by atoms with van der Waals surface area (Å²) >= 11 is 0. The highest BCUT2D eigenvalue weighted by atomic mass is 16.6. The minimum atomic E-state index is -0.784. The third-order valence-corrected chi connectivity index (χ3v) is 9.72. The lowest BCUT2D eigenvalue weighted by molar-refractivity contribution is -0.166. The van der Waals surface area contributed by atoms with Gasteiger partial charge >= 0.3 is 17.9 Å². The molecule has 0 N–H and O–H groups in total. The van der Waals surface area contributed by atoms with Gasteiger partial charge in [-0.25, -0.2) is 0 Å². The van der Waals surface area contributed by atoms with Crippen LogP contribution in [0.5, 0.6) is 0 Å². The standard InChI is InChI=1S/C46H84O6/c1-4-7-10-13-16-19-21-23-25-27-30-33-36-39-45(48)51-42-43(41-50-44(47)38-35-32-29-26-18-15-12-9-6-3)52-46(49)40-37-34-31-28-24-22-20-17-14-11-8-5-2/h23,25,30,33,43H,4-22,24,26-29,31-32,34-42H2,1-3H3/b25-23-,33-30-. The lowest BCUT2D eigenvalue weighted by atomic mass is 10.0. The Kier molecular flexibility index (Phi) is 40.0. The maximum Gasteiger partial charge on any atom is 0.306 e. The molecule has 0 heterocycles. The molecule has 0 aromatic heterocycles. The number of allylic oxidation sites excluding steroid dienone is 4. The molecule has 0 spiro atoms. The monoisotopic (exact) mass is 733 g/mol. The smallest absolute Gasteiger partial charge is 0.306 e. The second-order valence-electron chi connectivity index (χ2n) is 15.0. The summed E-state index contributed by atoms with van der Waals surface area (Å²) in [6.45, 7) is 6.55. The molecule has 52 heavy (non-hydrogen) atoms. The molecule has 1 atom stereocenters. The predicted octanol–water partition coefficient (Wildman–Crippen LogP) is 14.0. The lowest BCUT2D eigenvalue weighted by Crippen LogP contribution is -2.30. The number of hydrogen-bond donors (Lipinski definition) is 0. The molecule has 0 aromatic rings. The molecule has 0 aliphatic heterocycles. The van der Waals surface area contributed by atoms with Crippen molar-refractivity contribution in [3.8, 4) is 0 Å². The molecule has 0 saturated heterocycles. The molecule has 0 fully saturated rings. The van der Waals surface area contributed by atoms with Crippen LogP contribution in [0.15, 0.2) is 24.3 Å². The van der Waals surface area contributed by atoms with Gasteiger partial charge in [-0.05, 0) is 38.5 Å². The quantitative estimate of drug-likeness (QED) is 0.0270. The first-order valence-electron chi connectivity index (χ1n) is 22.3. The van der Waals surface area contributed by atoms with Gasteiger partial charge in [-0.1, -0.05) is 199 Å². The van der Waals surface area contributed by atoms with Crippen LogP contribution < -0.4 is 0 Å². The molecule has 0 aromatic carbocycles. The van der Waals surface area contributed by atoms with Crippen LogP contribution in [-0.4, -0.2) is 37.2 Å². The number of ether oxygens (including phenoxy) is 3. The summed E-state index contributed by atoms with van der Waals surface area (Å²) in [7, 11) is 0. The molecule has 0 saturated carbocycles. The van der Waals surface area contributed by atoms with Crippen molar-refractivity contribution < 1.29 is 28.6 Å². The van der Waals surface area contributed by atoms with Crippen LogP contribution in [-0.2, 0) is 28.6 Å². The molecule has 0 amide bonds. The summed E-state index contributed by atoms with van der Waals surface area (Å²) in [5, 5.41) is 0. The van der Waals surface area contributed by atoms with Crippen molar-refractivity contribution >= 4 is 17.9 Å². The Bertz CT molecular complexity index is 850. The molecule has 6 heteroatoms. The Morgan fingerprint density at radius 2 is 0.731 bits per heavy atom. The SMILES string of the molecule is CCCCCCCC/C=C\C/C=C\CCC(=O)OCC(COC(=O)CCCCCCCCCCC)OC(=O)CCCCCCCCCCCCCC. The van der Waals surface area contributed by atoms with Crippen LogP contribution in [0, 0.1) is 0 Å². The van der Waals surface area contributed by atoms with Crippen molar-refractivity contribution in [2.24, 2.45) is 0 Å². The van der Waals surface area contributed by atoms with Gasteiger partial charge in [-0.15, -0.1) is 0 Å². The van der Waals surface area contributed by atoms with Gasteiger partial charge in [0.2, 0.25) is 0 Å². The summed E-state index contributed by atoms with van der Waals surface area (Å²) in [4.78, 5) is 37.6. The first-order valence-corrected chi connectivity index (χ1v) is 22.3. The summed E-state index contributed by atoms with van der Waals surface area (Å²) in [5.74, 6) is -0.954. The van der Waals surface area contributed by atoms with Crippen LogP contribution in [0.25, 0.3) is 0 Å². The van der Waals surface area contributed by atoms with E-state index in [1.165, 1.54) is 135 Å². The molecule has 0 aliphatic carbocycles. The van der Waals surface area contributed by atoms with E-state index in [2.05, 4.69) is 39.0 Å². The summed E-state index contributed by atoms with van der Waals surface area (Å²) in [5.41, 5.74) is 0. The van der Waals surface area contributed by atoms with E-state index in [0.717, 1.165) is 51.4 Å². The maximum absolute atomic E-state index is 12.7. The van der Waals surface area contributed by atoms with Gasteiger partial charge in [0.1, 0.15) is 13.2 Å². The second kappa shape index (κ2) is 41.6. The summed E-state index contributed by atoms with van der Waals surface area (Å²) < 4.78 is 16.6. The summed E-state index contributed by atoms with van der Waals surface area (Å²) in [6.07, 6.45) is 44.6. The number of rotatable bonds is 40. The predicted molar refractivity (Wildman–Crippen MR) is 219 cm³/mol. The second-order valence-corrected chi connectivity index (χ2v) is 15.0. The van der Waals surface area contributed by atoms with E-state index in [1.54, 1.807) is 0 Å². The number of hydrogen-bond acceptors (Lipinski definition) is 6. The molecular formula is C46H84O6. The fraction of sp³-hybridized carbons (Fsp3) is 0.848. The molecule has 0 radical (unpaired) electrons. The van der Waals surface area contributed by atoms with Gasteiger partial charge in [0.25, 0.3) is 0 Å². The van der Waals surface area contributed by atoms with Crippen molar-refractivity contribution in [2.75, 3.05) is 13.2 Å². The van der Waals surface area contributed by atoms with Crippen molar-refractivity contribution in [3.63, 3.8) is 0 Å². The van der Waals surface area contributed by atoms with Crippen LogP contribution in [0.2, 0.25) is 0 Å². The molecule has 0 bridgehead atoms. The molecule has 1 unspecified atom stereocenters. The van der Waals surface area contributed by atoms with Crippen LogP contribution in [0.1, 0.15) is 233 Å². The van der Waals surface area contributed by atoms with E-state index in [9.17, 15) is 14.4 Å². The Balaban J connectivity index is 4.41. The van der Waals surface area contributed by atoms with E-state index < -0.39 is 6.10 Å². The number of carbonyl (C=O) groups is 3. The van der Waals surface area contributed by atoms with Gasteiger partial charge in [-0.2, -0.15) is 0 Å². The van der Waals surface area contributed by atoms with Crippen LogP contribution in [0.3, 0.4) is 0 Å². The third-order valence-electron chi connectivity index (χ3n) is 9.72. The fourth-order valence-electron chi connectivity index (χ4n) is 6.32. The molecule has 0 aliphatic rings. The molecule has 304 valence electrons. The molecule has 6 nitrogen and oxygen atoms in total. The largest absolute Gasteiger partial charge is 0.462 e. The van der Waals surface area contributed by atoms with Crippen LogP contribution in [0.4, 0.5) is 0 Å². The molecular weight excluding hydrogens is 648 g/mol. The normalized spacial score (nSPS) is 12.1. The van der Waals surface area contributed by atoms with Gasteiger partial charge in [0.15, 0.2) is 6.10 Å². The highest BCUT2D eigenvalue weighted by molar-refractivity contribution is 5.71. The third kappa shape index (κ3) is 39.1. The Morgan fingerprint density at radius 3 is 1.17 bits per heavy atom. The average molecular weight is 733 g/mol. The van der Waals surface area contributed by atoms with Crippen molar-refractivity contribution in [2.45, 2.75) is 239 Å². The van der Waals surface area contributed by atoms with Crippen molar-refractivity contribution in [1.82, 2.24) is 0 Å².